The van der Waals surface area contributed by atoms with Crippen LogP contribution in [-0.4, -0.2) is 17.1 Å². The topological polar surface area (TPSA) is 72.6 Å². The van der Waals surface area contributed by atoms with Crippen LogP contribution >= 0.6 is 0 Å². The molecule has 1 aromatic rings. The zero-order chi connectivity index (χ0) is 12.3. The van der Waals surface area contributed by atoms with Crippen molar-refractivity contribution in [3.8, 4) is 5.75 Å². The SMILES string of the molecule is Cc1cc([C@H](C)O)ccc1OC(C)C(N)=O. The van der Waals surface area contributed by atoms with E-state index in [1.807, 2.05) is 13.0 Å². The van der Waals surface area contributed by atoms with Crippen LogP contribution in [0, 0.1) is 6.92 Å². The summed E-state index contributed by atoms with van der Waals surface area (Å²) in [4.78, 5) is 10.8. The molecule has 0 heterocycles. The maximum atomic E-state index is 10.8. The Bertz CT molecular complexity index is 388. The van der Waals surface area contributed by atoms with Gasteiger partial charge in [0.1, 0.15) is 5.75 Å². The Morgan fingerprint density at radius 1 is 1.44 bits per heavy atom. The third-order valence-corrected chi connectivity index (χ3v) is 2.39. The second-order valence-corrected chi connectivity index (χ2v) is 3.86. The minimum absolute atomic E-state index is 0.501. The van der Waals surface area contributed by atoms with Crippen molar-refractivity contribution in [2.75, 3.05) is 0 Å². The van der Waals surface area contributed by atoms with Gasteiger partial charge in [0.15, 0.2) is 6.10 Å². The summed E-state index contributed by atoms with van der Waals surface area (Å²) in [7, 11) is 0. The van der Waals surface area contributed by atoms with Gasteiger partial charge in [-0.05, 0) is 44.0 Å². The molecule has 3 N–H and O–H groups in total. The third-order valence-electron chi connectivity index (χ3n) is 2.39. The molecular weight excluding hydrogens is 206 g/mol. The summed E-state index contributed by atoms with van der Waals surface area (Å²) in [6.07, 6.45) is -1.17. The van der Waals surface area contributed by atoms with E-state index in [1.54, 1.807) is 26.0 Å². The molecule has 1 amide bonds. The van der Waals surface area contributed by atoms with Crippen LogP contribution in [0.3, 0.4) is 0 Å². The first-order chi connectivity index (χ1) is 7.41. The van der Waals surface area contributed by atoms with Gasteiger partial charge in [0.05, 0.1) is 6.10 Å². The molecule has 0 saturated heterocycles. The minimum atomic E-state index is -0.656. The Morgan fingerprint density at radius 2 is 2.06 bits per heavy atom. The second kappa shape index (κ2) is 4.99. The van der Waals surface area contributed by atoms with Gasteiger partial charge in [0.25, 0.3) is 5.91 Å². The predicted molar refractivity (Wildman–Crippen MR) is 61.1 cm³/mol. The van der Waals surface area contributed by atoms with E-state index < -0.39 is 18.1 Å². The lowest BCUT2D eigenvalue weighted by Crippen LogP contribution is -2.30. The van der Waals surface area contributed by atoms with E-state index >= 15 is 0 Å². The van der Waals surface area contributed by atoms with Crippen LogP contribution in [0.2, 0.25) is 0 Å². The number of hydrogen-bond acceptors (Lipinski definition) is 3. The van der Waals surface area contributed by atoms with E-state index in [2.05, 4.69) is 0 Å². The average Bonchev–Trinajstić information content (AvgIpc) is 2.20. The van der Waals surface area contributed by atoms with Crippen molar-refractivity contribution in [1.82, 2.24) is 0 Å². The molecule has 4 nitrogen and oxygen atoms in total. The molecule has 1 rings (SSSR count). The predicted octanol–water partition coefficient (Wildman–Crippen LogP) is 1.30. The Balaban J connectivity index is 2.87. The summed E-state index contributed by atoms with van der Waals surface area (Å²) in [6, 6.07) is 5.32. The highest BCUT2D eigenvalue weighted by Crippen LogP contribution is 2.23. The Kier molecular flexibility index (Phi) is 3.90. The van der Waals surface area contributed by atoms with E-state index in [4.69, 9.17) is 10.5 Å². The molecule has 1 unspecified atom stereocenters. The molecule has 2 atom stereocenters. The fourth-order valence-electron chi connectivity index (χ4n) is 1.31. The van der Waals surface area contributed by atoms with Crippen molar-refractivity contribution < 1.29 is 14.6 Å². The Morgan fingerprint density at radius 3 is 2.50 bits per heavy atom. The second-order valence-electron chi connectivity index (χ2n) is 3.86. The van der Waals surface area contributed by atoms with Crippen molar-refractivity contribution in [2.45, 2.75) is 33.0 Å². The number of nitrogens with two attached hydrogens (primary N) is 1. The molecule has 0 aliphatic heterocycles. The molecule has 0 aliphatic carbocycles. The van der Waals surface area contributed by atoms with Crippen molar-refractivity contribution in [1.29, 1.82) is 0 Å². The van der Waals surface area contributed by atoms with Crippen molar-refractivity contribution in [2.24, 2.45) is 5.73 Å². The number of rotatable bonds is 4. The van der Waals surface area contributed by atoms with Crippen molar-refractivity contribution in [3.63, 3.8) is 0 Å². The zero-order valence-corrected chi connectivity index (χ0v) is 9.73. The molecule has 4 heteroatoms. The number of carbonyl (C=O) groups is 1. The van der Waals surface area contributed by atoms with Gasteiger partial charge < -0.3 is 15.6 Å². The molecule has 0 bridgehead atoms. The number of aryl methyl sites for hydroxylation is 1. The number of primary amides is 1. The van der Waals surface area contributed by atoms with Crippen molar-refractivity contribution >= 4 is 5.91 Å². The largest absolute Gasteiger partial charge is 0.481 e. The fraction of sp³-hybridized carbons (Fsp3) is 0.417. The first-order valence-electron chi connectivity index (χ1n) is 5.16. The highest BCUT2D eigenvalue weighted by Gasteiger charge is 2.12. The lowest BCUT2D eigenvalue weighted by molar-refractivity contribution is -0.123. The summed E-state index contributed by atoms with van der Waals surface area (Å²) >= 11 is 0. The number of benzene rings is 1. The fourth-order valence-corrected chi connectivity index (χ4v) is 1.31. The summed E-state index contributed by atoms with van der Waals surface area (Å²) < 4.78 is 5.39. The molecule has 88 valence electrons. The van der Waals surface area contributed by atoms with Crippen LogP contribution < -0.4 is 10.5 Å². The third kappa shape index (κ3) is 2.97. The Hall–Kier alpha value is -1.55. The van der Waals surface area contributed by atoms with Gasteiger partial charge in [0.2, 0.25) is 0 Å². The lowest BCUT2D eigenvalue weighted by atomic mass is 10.1. The zero-order valence-electron chi connectivity index (χ0n) is 9.73. The van der Waals surface area contributed by atoms with Gasteiger partial charge in [-0.3, -0.25) is 4.79 Å². The van der Waals surface area contributed by atoms with Gasteiger partial charge in [-0.15, -0.1) is 0 Å². The summed E-state index contributed by atoms with van der Waals surface area (Å²) in [5.74, 6) is 0.106. The number of amides is 1. The maximum absolute atomic E-state index is 10.8. The van der Waals surface area contributed by atoms with Crippen LogP contribution in [0.25, 0.3) is 0 Å². The molecule has 16 heavy (non-hydrogen) atoms. The van der Waals surface area contributed by atoms with Crippen LogP contribution in [-0.2, 0) is 4.79 Å². The summed E-state index contributed by atoms with van der Waals surface area (Å²) in [6.45, 7) is 5.15. The van der Waals surface area contributed by atoms with E-state index in [-0.39, 0.29) is 0 Å². The van der Waals surface area contributed by atoms with Gasteiger partial charge in [0, 0.05) is 0 Å². The number of aliphatic hydroxyl groups excluding tert-OH is 1. The molecule has 0 aliphatic rings. The van der Waals surface area contributed by atoms with Crippen LogP contribution in [0.1, 0.15) is 31.1 Å². The molecule has 0 spiro atoms. The number of carbonyl (C=O) groups excluding carboxylic acids is 1. The van der Waals surface area contributed by atoms with Gasteiger partial charge >= 0.3 is 0 Å². The monoisotopic (exact) mass is 223 g/mol. The van der Waals surface area contributed by atoms with Gasteiger partial charge in [-0.2, -0.15) is 0 Å². The van der Waals surface area contributed by atoms with E-state index in [0.717, 1.165) is 11.1 Å². The van der Waals surface area contributed by atoms with Crippen LogP contribution in [0.5, 0.6) is 5.75 Å². The molecule has 0 aromatic heterocycles. The first-order valence-corrected chi connectivity index (χ1v) is 5.16. The average molecular weight is 223 g/mol. The number of ether oxygens (including phenoxy) is 1. The summed E-state index contributed by atoms with van der Waals surface area (Å²) in [5, 5.41) is 9.39. The molecule has 0 fully saturated rings. The van der Waals surface area contributed by atoms with E-state index in [0.29, 0.717) is 5.75 Å². The van der Waals surface area contributed by atoms with Crippen LogP contribution in [0.4, 0.5) is 0 Å². The standard InChI is InChI=1S/C12H17NO3/c1-7-6-10(8(2)14)4-5-11(7)16-9(3)12(13)15/h4-6,8-9,14H,1-3H3,(H2,13,15)/t8-,9?/m0/s1. The summed E-state index contributed by atoms with van der Waals surface area (Å²) in [5.41, 5.74) is 6.79. The highest BCUT2D eigenvalue weighted by molar-refractivity contribution is 5.78. The Labute approximate surface area is 95.0 Å². The lowest BCUT2D eigenvalue weighted by Gasteiger charge is -2.15. The molecule has 0 saturated carbocycles. The minimum Gasteiger partial charge on any atom is -0.481 e. The number of hydrogen-bond donors (Lipinski definition) is 2. The molecule has 1 aromatic carbocycles. The molecule has 0 radical (unpaired) electrons. The smallest absolute Gasteiger partial charge is 0.258 e. The highest BCUT2D eigenvalue weighted by atomic mass is 16.5. The normalized spacial score (nSPS) is 14.2. The van der Waals surface area contributed by atoms with E-state index in [9.17, 15) is 9.90 Å². The van der Waals surface area contributed by atoms with Gasteiger partial charge in [-0.25, -0.2) is 0 Å². The van der Waals surface area contributed by atoms with E-state index in [1.165, 1.54) is 0 Å². The quantitative estimate of drug-likeness (QED) is 0.808. The van der Waals surface area contributed by atoms with Crippen molar-refractivity contribution in [3.05, 3.63) is 29.3 Å². The number of aliphatic hydroxyl groups is 1. The molecular formula is C12H17NO3. The van der Waals surface area contributed by atoms with Gasteiger partial charge in [-0.1, -0.05) is 6.07 Å². The maximum Gasteiger partial charge on any atom is 0.258 e. The first kappa shape index (κ1) is 12.5. The van der Waals surface area contributed by atoms with Crippen LogP contribution in [0.15, 0.2) is 18.2 Å².